The topological polar surface area (TPSA) is 37.4 Å². The number of fused-ring (bicyclic) bond motifs is 1. The molecule has 3 rings (SSSR count). The zero-order chi connectivity index (χ0) is 15.0. The second-order valence-corrected chi connectivity index (χ2v) is 5.25. The second-order valence-electron chi connectivity index (χ2n) is 5.25. The third-order valence-corrected chi connectivity index (χ3v) is 3.63. The third-order valence-electron chi connectivity index (χ3n) is 3.63. The van der Waals surface area contributed by atoms with E-state index in [4.69, 9.17) is 0 Å². The van der Waals surface area contributed by atoms with Gasteiger partial charge in [0.1, 0.15) is 0 Å². The monoisotopic (exact) mass is 277 g/mol. The van der Waals surface area contributed by atoms with E-state index in [9.17, 15) is 9.59 Å². The summed E-state index contributed by atoms with van der Waals surface area (Å²) in [6.45, 7) is 0. The van der Waals surface area contributed by atoms with Crippen LogP contribution in [-0.2, 0) is 4.79 Å². The Morgan fingerprint density at radius 3 is 2.05 bits per heavy atom. The SMILES string of the molecule is CN(C)c1ccc(/C=C2\C(=O)C(=O)c3ccccc32)cc1. The molecule has 0 atom stereocenters. The number of anilines is 1. The smallest absolute Gasteiger partial charge is 0.234 e. The van der Waals surface area contributed by atoms with Gasteiger partial charge >= 0.3 is 0 Å². The predicted octanol–water partition coefficient (Wildman–Crippen LogP) is 3.06. The molecule has 0 radical (unpaired) electrons. The molecule has 2 aromatic rings. The van der Waals surface area contributed by atoms with Gasteiger partial charge in [-0.2, -0.15) is 0 Å². The lowest BCUT2D eigenvalue weighted by molar-refractivity contribution is -0.109. The van der Waals surface area contributed by atoms with E-state index in [1.54, 1.807) is 18.2 Å². The van der Waals surface area contributed by atoms with Crippen molar-refractivity contribution in [1.29, 1.82) is 0 Å². The van der Waals surface area contributed by atoms with Crippen LogP contribution in [0.3, 0.4) is 0 Å². The number of ketones is 2. The van der Waals surface area contributed by atoms with E-state index in [0.29, 0.717) is 11.1 Å². The van der Waals surface area contributed by atoms with Crippen molar-refractivity contribution in [2.24, 2.45) is 0 Å². The zero-order valence-corrected chi connectivity index (χ0v) is 12.0. The Labute approximate surface area is 123 Å². The molecule has 0 N–H and O–H groups in total. The predicted molar refractivity (Wildman–Crippen MR) is 84.4 cm³/mol. The molecule has 1 aliphatic carbocycles. The zero-order valence-electron chi connectivity index (χ0n) is 12.0. The van der Waals surface area contributed by atoms with E-state index in [2.05, 4.69) is 0 Å². The molecule has 2 aromatic carbocycles. The fourth-order valence-electron chi connectivity index (χ4n) is 2.46. The van der Waals surface area contributed by atoms with Crippen molar-refractivity contribution in [1.82, 2.24) is 0 Å². The molecule has 0 heterocycles. The maximum Gasteiger partial charge on any atom is 0.234 e. The van der Waals surface area contributed by atoms with Gasteiger partial charge in [-0.25, -0.2) is 0 Å². The number of allylic oxidation sites excluding steroid dienone is 1. The molecule has 1 aliphatic rings. The van der Waals surface area contributed by atoms with E-state index in [1.807, 2.05) is 55.4 Å². The van der Waals surface area contributed by atoms with Crippen molar-refractivity contribution in [2.75, 3.05) is 19.0 Å². The van der Waals surface area contributed by atoms with Crippen LogP contribution >= 0.6 is 0 Å². The standard InChI is InChI=1S/C18H15NO2/c1-19(2)13-9-7-12(8-10-13)11-16-14-5-3-4-6-15(14)17(20)18(16)21/h3-11H,1-2H3/b16-11-. The summed E-state index contributed by atoms with van der Waals surface area (Å²) in [6.07, 6.45) is 1.78. The molecule has 0 fully saturated rings. The summed E-state index contributed by atoms with van der Waals surface area (Å²) in [4.78, 5) is 26.1. The van der Waals surface area contributed by atoms with Crippen LogP contribution in [0.25, 0.3) is 11.6 Å². The van der Waals surface area contributed by atoms with Crippen LogP contribution in [0, 0.1) is 0 Å². The van der Waals surface area contributed by atoms with Gasteiger partial charge in [0.15, 0.2) is 0 Å². The van der Waals surface area contributed by atoms with Crippen LogP contribution in [0.2, 0.25) is 0 Å². The number of nitrogens with zero attached hydrogens (tertiary/aromatic N) is 1. The Kier molecular flexibility index (Phi) is 3.18. The van der Waals surface area contributed by atoms with Gasteiger partial charge in [-0.3, -0.25) is 9.59 Å². The molecule has 0 spiro atoms. The van der Waals surface area contributed by atoms with Gasteiger partial charge < -0.3 is 4.90 Å². The van der Waals surface area contributed by atoms with Gasteiger partial charge in [0.25, 0.3) is 0 Å². The van der Waals surface area contributed by atoms with Crippen LogP contribution < -0.4 is 4.90 Å². The van der Waals surface area contributed by atoms with Gasteiger partial charge in [-0.1, -0.05) is 36.4 Å². The fourth-order valence-corrected chi connectivity index (χ4v) is 2.46. The van der Waals surface area contributed by atoms with Crippen molar-refractivity contribution in [3.05, 3.63) is 65.2 Å². The molecule has 0 aromatic heterocycles. The average molecular weight is 277 g/mol. The summed E-state index contributed by atoms with van der Waals surface area (Å²) in [7, 11) is 3.95. The minimum absolute atomic E-state index is 0.415. The van der Waals surface area contributed by atoms with Gasteiger partial charge in [-0.15, -0.1) is 0 Å². The maximum absolute atomic E-state index is 12.1. The maximum atomic E-state index is 12.1. The minimum Gasteiger partial charge on any atom is -0.378 e. The van der Waals surface area contributed by atoms with Crippen LogP contribution in [0.5, 0.6) is 0 Å². The van der Waals surface area contributed by atoms with E-state index in [-0.39, 0.29) is 0 Å². The van der Waals surface area contributed by atoms with Gasteiger partial charge in [0.2, 0.25) is 11.6 Å². The Balaban J connectivity index is 2.04. The van der Waals surface area contributed by atoms with Crippen LogP contribution in [0.4, 0.5) is 5.69 Å². The van der Waals surface area contributed by atoms with E-state index in [1.165, 1.54) is 0 Å². The molecule has 3 nitrogen and oxygen atoms in total. The van der Waals surface area contributed by atoms with Crippen LogP contribution in [-0.4, -0.2) is 25.7 Å². The highest BCUT2D eigenvalue weighted by molar-refractivity contribution is 6.64. The summed E-state index contributed by atoms with van der Waals surface area (Å²) < 4.78 is 0. The van der Waals surface area contributed by atoms with Crippen molar-refractivity contribution in [3.8, 4) is 0 Å². The third kappa shape index (κ3) is 2.27. The summed E-state index contributed by atoms with van der Waals surface area (Å²) in [6, 6.07) is 15.0. The summed E-state index contributed by atoms with van der Waals surface area (Å²) in [5.74, 6) is -0.838. The Bertz CT molecular complexity index is 755. The molecular formula is C18H15NO2. The van der Waals surface area contributed by atoms with E-state index >= 15 is 0 Å². The highest BCUT2D eigenvalue weighted by atomic mass is 16.2. The first-order valence-corrected chi connectivity index (χ1v) is 6.75. The number of hydrogen-bond donors (Lipinski definition) is 0. The largest absolute Gasteiger partial charge is 0.378 e. The number of carbonyl (C=O) groups excluding carboxylic acids is 2. The first-order chi connectivity index (χ1) is 10.1. The average Bonchev–Trinajstić information content (AvgIpc) is 2.73. The van der Waals surface area contributed by atoms with Crippen molar-refractivity contribution >= 4 is 28.9 Å². The first kappa shape index (κ1) is 13.3. The number of Topliss-reactive ketones (excluding diaryl/α,β-unsaturated/α-hetero) is 2. The minimum atomic E-state index is -0.423. The Hall–Kier alpha value is -2.68. The molecule has 0 amide bonds. The lowest BCUT2D eigenvalue weighted by Crippen LogP contribution is -2.08. The molecule has 0 saturated carbocycles. The van der Waals surface area contributed by atoms with Crippen molar-refractivity contribution in [2.45, 2.75) is 0 Å². The van der Waals surface area contributed by atoms with Crippen LogP contribution in [0.1, 0.15) is 21.5 Å². The summed E-state index contributed by atoms with van der Waals surface area (Å²) >= 11 is 0. The molecule has 0 bridgehead atoms. The molecular weight excluding hydrogens is 262 g/mol. The molecule has 21 heavy (non-hydrogen) atoms. The quantitative estimate of drug-likeness (QED) is 0.625. The highest BCUT2D eigenvalue weighted by Crippen LogP contribution is 2.31. The highest BCUT2D eigenvalue weighted by Gasteiger charge is 2.32. The van der Waals surface area contributed by atoms with Crippen molar-refractivity contribution < 1.29 is 9.59 Å². The second kappa shape index (κ2) is 5.02. The normalized spacial score (nSPS) is 15.4. The van der Waals surface area contributed by atoms with E-state index < -0.39 is 11.6 Å². The fraction of sp³-hybridized carbons (Fsp3) is 0.111. The Morgan fingerprint density at radius 1 is 0.810 bits per heavy atom. The number of hydrogen-bond acceptors (Lipinski definition) is 3. The lowest BCUT2D eigenvalue weighted by atomic mass is 10.0. The van der Waals surface area contributed by atoms with Gasteiger partial charge in [0, 0.05) is 30.9 Å². The number of benzene rings is 2. The number of rotatable bonds is 2. The summed E-state index contributed by atoms with van der Waals surface area (Å²) in [5.41, 5.74) is 3.70. The molecule has 0 saturated heterocycles. The van der Waals surface area contributed by atoms with E-state index in [0.717, 1.165) is 16.8 Å². The van der Waals surface area contributed by atoms with Gasteiger partial charge in [-0.05, 0) is 29.3 Å². The summed E-state index contributed by atoms with van der Waals surface area (Å²) in [5, 5.41) is 0. The van der Waals surface area contributed by atoms with Crippen LogP contribution in [0.15, 0.2) is 48.5 Å². The first-order valence-electron chi connectivity index (χ1n) is 6.75. The molecule has 0 aliphatic heterocycles. The Morgan fingerprint density at radius 2 is 1.43 bits per heavy atom. The lowest BCUT2D eigenvalue weighted by Gasteiger charge is -2.11. The van der Waals surface area contributed by atoms with Crippen molar-refractivity contribution in [3.63, 3.8) is 0 Å². The molecule has 0 unspecified atom stereocenters. The molecule has 3 heteroatoms. The molecule has 104 valence electrons. The number of carbonyl (C=O) groups is 2. The van der Waals surface area contributed by atoms with Gasteiger partial charge in [0.05, 0.1) is 0 Å².